The largest absolute Gasteiger partial charge is 0.343 e. The van der Waals surface area contributed by atoms with Crippen LogP contribution < -0.4 is 5.56 Å². The van der Waals surface area contributed by atoms with E-state index in [0.717, 1.165) is 32.4 Å². The molecule has 4 aromatic rings. The predicted octanol–water partition coefficient (Wildman–Crippen LogP) is 5.88. The van der Waals surface area contributed by atoms with Gasteiger partial charge in [0.15, 0.2) is 5.16 Å². The molecular weight excluding hydrogens is 485 g/mol. The van der Waals surface area contributed by atoms with Gasteiger partial charge in [-0.2, -0.15) is 0 Å². The molecule has 1 saturated heterocycles. The molecule has 0 bridgehead atoms. The van der Waals surface area contributed by atoms with Gasteiger partial charge in [-0.25, -0.2) is 9.37 Å². The highest BCUT2D eigenvalue weighted by Gasteiger charge is 2.23. The van der Waals surface area contributed by atoms with Gasteiger partial charge in [0.2, 0.25) is 5.91 Å². The average Bonchev–Trinajstić information content (AvgIpc) is 2.93. The van der Waals surface area contributed by atoms with Crippen molar-refractivity contribution >= 4 is 28.6 Å². The molecule has 5 rings (SSSR count). The minimum Gasteiger partial charge on any atom is -0.343 e. The van der Waals surface area contributed by atoms with E-state index in [1.807, 2.05) is 29.2 Å². The summed E-state index contributed by atoms with van der Waals surface area (Å²) in [6.07, 6.45) is 4.33. The van der Waals surface area contributed by atoms with Crippen molar-refractivity contribution in [3.63, 3.8) is 0 Å². The number of amides is 1. The zero-order valence-corrected chi connectivity index (χ0v) is 21.5. The Labute approximate surface area is 220 Å². The molecule has 0 unspecified atom stereocenters. The molecule has 37 heavy (non-hydrogen) atoms. The summed E-state index contributed by atoms with van der Waals surface area (Å²) in [6.45, 7) is 1.64. The monoisotopic (exact) mass is 515 g/mol. The number of rotatable bonds is 8. The van der Waals surface area contributed by atoms with Crippen LogP contribution in [0.1, 0.15) is 31.2 Å². The van der Waals surface area contributed by atoms with Crippen LogP contribution in [0.2, 0.25) is 0 Å². The van der Waals surface area contributed by atoms with Crippen LogP contribution >= 0.6 is 11.8 Å². The third-order valence-corrected chi connectivity index (χ3v) is 7.96. The number of nitrogens with zero attached hydrogens (tertiary/aromatic N) is 3. The van der Waals surface area contributed by atoms with Crippen molar-refractivity contribution in [2.45, 2.75) is 37.3 Å². The number of aromatic nitrogens is 2. The first-order chi connectivity index (χ1) is 18.1. The minimum atomic E-state index is -0.359. The highest BCUT2D eigenvalue weighted by atomic mass is 32.2. The Balaban J connectivity index is 1.18. The van der Waals surface area contributed by atoms with Gasteiger partial charge in [-0.15, -0.1) is 0 Å². The van der Waals surface area contributed by atoms with E-state index < -0.39 is 0 Å². The Hall–Kier alpha value is -3.45. The molecule has 1 fully saturated rings. The van der Waals surface area contributed by atoms with Crippen LogP contribution in [0.25, 0.3) is 16.6 Å². The van der Waals surface area contributed by atoms with Gasteiger partial charge in [0, 0.05) is 25.3 Å². The number of carbonyl (C=O) groups excluding carboxylic acids is 1. The Bertz CT molecular complexity index is 1410. The Kier molecular flexibility index (Phi) is 7.99. The summed E-state index contributed by atoms with van der Waals surface area (Å²) in [4.78, 5) is 32.8. The number of para-hydroxylation sites is 1. The molecule has 0 N–H and O–H groups in total. The fourth-order valence-corrected chi connectivity index (χ4v) is 5.86. The molecule has 0 atom stereocenters. The number of fused-ring (bicyclic) bond motifs is 1. The van der Waals surface area contributed by atoms with Gasteiger partial charge in [-0.1, -0.05) is 54.2 Å². The summed E-state index contributed by atoms with van der Waals surface area (Å²) in [5, 5.41) is 1.06. The maximum Gasteiger partial charge on any atom is 0.266 e. The van der Waals surface area contributed by atoms with Crippen molar-refractivity contribution in [1.82, 2.24) is 14.5 Å². The summed E-state index contributed by atoms with van der Waals surface area (Å²) in [7, 11) is 0. The first-order valence-corrected chi connectivity index (χ1v) is 13.8. The molecule has 1 aliphatic rings. The molecule has 3 aromatic carbocycles. The topological polar surface area (TPSA) is 55.2 Å². The van der Waals surface area contributed by atoms with E-state index in [-0.39, 0.29) is 17.3 Å². The zero-order valence-electron chi connectivity index (χ0n) is 20.7. The maximum absolute atomic E-state index is 13.5. The molecule has 7 heteroatoms. The van der Waals surface area contributed by atoms with Crippen LogP contribution in [0.3, 0.4) is 0 Å². The van der Waals surface area contributed by atoms with Crippen LogP contribution in [0.5, 0.6) is 0 Å². The second-order valence-corrected chi connectivity index (χ2v) is 10.6. The van der Waals surface area contributed by atoms with Crippen molar-refractivity contribution in [1.29, 1.82) is 0 Å². The normalized spacial score (nSPS) is 14.2. The van der Waals surface area contributed by atoms with Crippen molar-refractivity contribution in [2.75, 3.05) is 18.8 Å². The summed E-state index contributed by atoms with van der Waals surface area (Å²) in [6, 6.07) is 23.6. The first-order valence-electron chi connectivity index (χ1n) is 12.8. The van der Waals surface area contributed by atoms with Gasteiger partial charge in [-0.05, 0) is 73.6 Å². The van der Waals surface area contributed by atoms with Crippen LogP contribution in [-0.2, 0) is 11.2 Å². The molecule has 190 valence electrons. The van der Waals surface area contributed by atoms with E-state index in [2.05, 4.69) is 24.3 Å². The molecule has 0 saturated carbocycles. The minimum absolute atomic E-state index is 0.186. The lowest BCUT2D eigenvalue weighted by atomic mass is 9.90. The zero-order chi connectivity index (χ0) is 25.6. The fourth-order valence-electron chi connectivity index (χ4n) is 4.91. The van der Waals surface area contributed by atoms with Crippen LogP contribution in [-0.4, -0.2) is 39.2 Å². The molecule has 1 aliphatic heterocycles. The van der Waals surface area contributed by atoms with Crippen LogP contribution in [0, 0.1) is 11.7 Å². The number of thioether (sulfide) groups is 1. The predicted molar refractivity (Wildman–Crippen MR) is 147 cm³/mol. The second kappa shape index (κ2) is 11.7. The molecule has 2 heterocycles. The number of halogens is 1. The van der Waals surface area contributed by atoms with E-state index in [1.165, 1.54) is 34.0 Å². The Morgan fingerprint density at radius 2 is 1.65 bits per heavy atom. The number of carbonyl (C=O) groups is 1. The van der Waals surface area contributed by atoms with Gasteiger partial charge in [0.05, 0.1) is 16.6 Å². The molecular formula is C30H30FN3O2S. The Morgan fingerprint density at radius 1 is 0.946 bits per heavy atom. The number of piperidine rings is 1. The lowest BCUT2D eigenvalue weighted by Crippen LogP contribution is -2.38. The molecule has 1 aromatic heterocycles. The average molecular weight is 516 g/mol. The van der Waals surface area contributed by atoms with Gasteiger partial charge in [0.25, 0.3) is 5.56 Å². The smallest absolute Gasteiger partial charge is 0.266 e. The third-order valence-electron chi connectivity index (χ3n) is 6.93. The SMILES string of the molecule is O=C(CCCSc1nc2ccccc2c(=O)n1-c1ccc(F)cc1)N1CCC(Cc2ccccc2)CC1. The first kappa shape index (κ1) is 25.2. The lowest BCUT2D eigenvalue weighted by Gasteiger charge is -2.32. The van der Waals surface area contributed by atoms with E-state index in [1.54, 1.807) is 18.2 Å². The maximum atomic E-state index is 13.5. The van der Waals surface area contributed by atoms with Crippen LogP contribution in [0.4, 0.5) is 4.39 Å². The molecule has 0 aliphatic carbocycles. The quantitative estimate of drug-likeness (QED) is 0.167. The van der Waals surface area contributed by atoms with Gasteiger partial charge in [-0.3, -0.25) is 14.2 Å². The van der Waals surface area contributed by atoms with E-state index >= 15 is 0 Å². The summed E-state index contributed by atoms with van der Waals surface area (Å²) in [5.74, 6) is 1.12. The fraction of sp³-hybridized carbons (Fsp3) is 0.300. The molecule has 0 spiro atoms. The lowest BCUT2D eigenvalue weighted by molar-refractivity contribution is -0.132. The summed E-state index contributed by atoms with van der Waals surface area (Å²) < 4.78 is 15.0. The molecule has 1 amide bonds. The van der Waals surface area contributed by atoms with Crippen LogP contribution in [0.15, 0.2) is 88.8 Å². The number of hydrogen-bond acceptors (Lipinski definition) is 4. The van der Waals surface area contributed by atoms with E-state index in [4.69, 9.17) is 4.98 Å². The number of likely N-dealkylation sites (tertiary alicyclic amines) is 1. The summed E-state index contributed by atoms with van der Waals surface area (Å²) >= 11 is 1.45. The highest BCUT2D eigenvalue weighted by molar-refractivity contribution is 7.99. The molecule has 5 nitrogen and oxygen atoms in total. The summed E-state index contributed by atoms with van der Waals surface area (Å²) in [5.41, 5.74) is 2.38. The third kappa shape index (κ3) is 6.10. The van der Waals surface area contributed by atoms with Crippen molar-refractivity contribution in [3.8, 4) is 5.69 Å². The van der Waals surface area contributed by atoms with E-state index in [9.17, 15) is 14.0 Å². The highest BCUT2D eigenvalue weighted by Crippen LogP contribution is 2.24. The van der Waals surface area contributed by atoms with Crippen molar-refractivity contribution in [3.05, 3.63) is 101 Å². The van der Waals surface area contributed by atoms with Crippen molar-refractivity contribution < 1.29 is 9.18 Å². The molecule has 0 radical (unpaired) electrons. The van der Waals surface area contributed by atoms with Gasteiger partial charge in [0.1, 0.15) is 5.82 Å². The van der Waals surface area contributed by atoms with Crippen molar-refractivity contribution in [2.24, 2.45) is 5.92 Å². The van der Waals surface area contributed by atoms with E-state index in [0.29, 0.717) is 46.3 Å². The van der Waals surface area contributed by atoms with Gasteiger partial charge < -0.3 is 4.90 Å². The Morgan fingerprint density at radius 3 is 2.41 bits per heavy atom. The number of benzene rings is 3. The second-order valence-electron chi connectivity index (χ2n) is 9.49. The number of hydrogen-bond donors (Lipinski definition) is 0. The van der Waals surface area contributed by atoms with Gasteiger partial charge >= 0.3 is 0 Å². The standard InChI is InChI=1S/C30H30FN3O2S/c31-24-12-14-25(15-13-24)34-29(36)26-9-4-5-10-27(26)32-30(34)37-20-6-11-28(35)33-18-16-23(17-19-33)21-22-7-2-1-3-8-22/h1-5,7-10,12-15,23H,6,11,16-21H2.